The lowest BCUT2D eigenvalue weighted by Gasteiger charge is -2.49. The van der Waals surface area contributed by atoms with Gasteiger partial charge in [-0.05, 0) is 51.6 Å². The second kappa shape index (κ2) is 7.38. The summed E-state index contributed by atoms with van der Waals surface area (Å²) in [6.45, 7) is 4.37. The highest BCUT2D eigenvalue weighted by Gasteiger charge is 2.42. The summed E-state index contributed by atoms with van der Waals surface area (Å²) in [6, 6.07) is 0. The molecule has 0 amide bonds. The van der Waals surface area contributed by atoms with Crippen LogP contribution in [0.5, 0.6) is 0 Å². The predicted molar refractivity (Wildman–Crippen MR) is 93.6 cm³/mol. The molecule has 5 nitrogen and oxygen atoms in total. The minimum atomic E-state index is -3.27. The minimum Gasteiger partial charge on any atom is -0.296 e. The van der Waals surface area contributed by atoms with Crippen molar-refractivity contribution in [3.05, 3.63) is 0 Å². The maximum Gasteiger partial charge on any atom is 0.281 e. The molecule has 2 aliphatic heterocycles. The van der Waals surface area contributed by atoms with Crippen molar-refractivity contribution >= 4 is 10.2 Å². The molecule has 3 fully saturated rings. The number of piperidine rings is 1. The van der Waals surface area contributed by atoms with E-state index in [1.165, 1.54) is 38.5 Å². The molecule has 6 heteroatoms. The van der Waals surface area contributed by atoms with E-state index in [9.17, 15) is 8.42 Å². The zero-order valence-electron chi connectivity index (χ0n) is 14.7. The van der Waals surface area contributed by atoms with E-state index in [1.807, 2.05) is 0 Å². The molecule has 1 saturated carbocycles. The molecule has 0 aromatic heterocycles. The van der Waals surface area contributed by atoms with Gasteiger partial charge in [-0.1, -0.05) is 25.7 Å². The lowest BCUT2D eigenvalue weighted by atomic mass is 9.79. The Kier molecular flexibility index (Phi) is 5.66. The Bertz CT molecular complexity index is 476. The van der Waals surface area contributed by atoms with Crippen LogP contribution < -0.4 is 0 Å². The second-order valence-corrected chi connectivity index (χ2v) is 9.74. The van der Waals surface area contributed by atoms with Crippen LogP contribution in [0.2, 0.25) is 0 Å². The second-order valence-electron chi connectivity index (χ2n) is 7.70. The highest BCUT2D eigenvalue weighted by Crippen LogP contribution is 2.36. The Morgan fingerprint density at radius 3 is 1.96 bits per heavy atom. The predicted octanol–water partition coefficient (Wildman–Crippen LogP) is 2.45. The van der Waals surface area contributed by atoms with Crippen LogP contribution in [0.15, 0.2) is 0 Å². The first-order chi connectivity index (χ1) is 11.0. The van der Waals surface area contributed by atoms with Crippen molar-refractivity contribution < 1.29 is 8.42 Å². The van der Waals surface area contributed by atoms with Crippen molar-refractivity contribution in [2.45, 2.75) is 69.7 Å². The van der Waals surface area contributed by atoms with Crippen LogP contribution in [0.3, 0.4) is 0 Å². The summed E-state index contributed by atoms with van der Waals surface area (Å²) >= 11 is 0. The fourth-order valence-corrected chi connectivity index (χ4v) is 6.28. The Balaban J connectivity index is 1.74. The summed E-state index contributed by atoms with van der Waals surface area (Å²) < 4.78 is 29.1. The summed E-state index contributed by atoms with van der Waals surface area (Å²) in [4.78, 5) is 2.63. The molecular weight excluding hydrogens is 310 g/mol. The number of hydrogen-bond donors (Lipinski definition) is 0. The molecule has 3 rings (SSSR count). The fourth-order valence-electron chi connectivity index (χ4n) is 4.76. The Labute approximate surface area is 142 Å². The van der Waals surface area contributed by atoms with Gasteiger partial charge in [-0.2, -0.15) is 17.0 Å². The molecule has 0 aromatic carbocycles. The lowest BCUT2D eigenvalue weighted by molar-refractivity contribution is 0.0218. The van der Waals surface area contributed by atoms with Crippen molar-refractivity contribution in [3.8, 4) is 0 Å². The smallest absolute Gasteiger partial charge is 0.281 e. The minimum absolute atomic E-state index is 0.0835. The third kappa shape index (κ3) is 3.75. The molecule has 23 heavy (non-hydrogen) atoms. The Morgan fingerprint density at radius 1 is 0.826 bits per heavy atom. The van der Waals surface area contributed by atoms with Gasteiger partial charge >= 0.3 is 0 Å². The highest BCUT2D eigenvalue weighted by molar-refractivity contribution is 7.86. The molecule has 0 radical (unpaired) electrons. The molecule has 0 aromatic rings. The van der Waals surface area contributed by atoms with Gasteiger partial charge in [0.2, 0.25) is 0 Å². The van der Waals surface area contributed by atoms with E-state index < -0.39 is 10.2 Å². The van der Waals surface area contributed by atoms with E-state index in [0.29, 0.717) is 19.6 Å². The summed E-state index contributed by atoms with van der Waals surface area (Å²) in [6.07, 6.45) is 12.0. The number of hydrogen-bond acceptors (Lipinski definition) is 3. The van der Waals surface area contributed by atoms with Crippen molar-refractivity contribution in [1.29, 1.82) is 0 Å². The zero-order valence-corrected chi connectivity index (χ0v) is 15.5. The van der Waals surface area contributed by atoms with Crippen LogP contribution in [0.25, 0.3) is 0 Å². The van der Waals surface area contributed by atoms with Crippen molar-refractivity contribution in [1.82, 2.24) is 13.5 Å². The molecule has 1 aliphatic carbocycles. The van der Waals surface area contributed by atoms with E-state index in [2.05, 4.69) is 4.90 Å². The molecule has 2 heterocycles. The third-order valence-corrected chi connectivity index (χ3v) is 8.05. The molecule has 134 valence electrons. The monoisotopic (exact) mass is 343 g/mol. The van der Waals surface area contributed by atoms with Gasteiger partial charge in [-0.3, -0.25) is 4.90 Å². The van der Waals surface area contributed by atoms with E-state index in [4.69, 9.17) is 0 Å². The summed E-state index contributed by atoms with van der Waals surface area (Å²) in [5, 5.41) is 0. The first-order valence-corrected chi connectivity index (χ1v) is 10.9. The largest absolute Gasteiger partial charge is 0.296 e. The van der Waals surface area contributed by atoms with Crippen LogP contribution >= 0.6 is 0 Å². The normalized spacial score (nSPS) is 27.6. The Morgan fingerprint density at radius 2 is 1.35 bits per heavy atom. The van der Waals surface area contributed by atoms with E-state index >= 15 is 0 Å². The van der Waals surface area contributed by atoms with Gasteiger partial charge in [0, 0.05) is 32.2 Å². The maximum absolute atomic E-state index is 12.9. The zero-order chi connectivity index (χ0) is 16.3. The average molecular weight is 344 g/mol. The van der Waals surface area contributed by atoms with Crippen LogP contribution in [0.4, 0.5) is 0 Å². The van der Waals surface area contributed by atoms with Crippen LogP contribution in [-0.4, -0.2) is 67.2 Å². The lowest BCUT2D eigenvalue weighted by Crippen LogP contribution is -2.59. The van der Waals surface area contributed by atoms with E-state index in [1.54, 1.807) is 15.7 Å². The Hall–Kier alpha value is -0.170. The third-order valence-electron chi connectivity index (χ3n) is 6.11. The average Bonchev–Trinajstić information content (AvgIpc) is 3.12. The first-order valence-electron chi connectivity index (χ1n) is 9.51. The molecule has 2 saturated heterocycles. The van der Waals surface area contributed by atoms with Crippen LogP contribution in [0, 0.1) is 0 Å². The summed E-state index contributed by atoms with van der Waals surface area (Å²) in [5.41, 5.74) is 0.0835. The SMILES string of the molecule is CN(CC1(N2CCCCC2)CCCCC1)S(=O)(=O)N1CCCC1. The van der Waals surface area contributed by atoms with Gasteiger partial charge in [-0.15, -0.1) is 0 Å². The van der Waals surface area contributed by atoms with Gasteiger partial charge < -0.3 is 0 Å². The van der Waals surface area contributed by atoms with Crippen molar-refractivity contribution in [3.63, 3.8) is 0 Å². The van der Waals surface area contributed by atoms with Crippen LogP contribution in [-0.2, 0) is 10.2 Å². The van der Waals surface area contributed by atoms with Gasteiger partial charge in [0.1, 0.15) is 0 Å². The number of likely N-dealkylation sites (N-methyl/N-ethyl adjacent to an activating group) is 1. The number of likely N-dealkylation sites (tertiary alicyclic amines) is 1. The van der Waals surface area contributed by atoms with Gasteiger partial charge in [0.15, 0.2) is 0 Å². The van der Waals surface area contributed by atoms with Crippen LogP contribution in [0.1, 0.15) is 64.2 Å². The fraction of sp³-hybridized carbons (Fsp3) is 1.00. The van der Waals surface area contributed by atoms with E-state index in [0.717, 1.165) is 38.8 Å². The first kappa shape index (κ1) is 17.6. The summed E-state index contributed by atoms with van der Waals surface area (Å²) in [7, 11) is -1.48. The van der Waals surface area contributed by atoms with Gasteiger partial charge in [0.25, 0.3) is 10.2 Å². The standard InChI is InChI=1S/C17H33N3O2S/c1-18(23(21,22)20-14-8-9-15-20)16-17(10-4-2-5-11-17)19-12-6-3-7-13-19/h2-16H2,1H3. The van der Waals surface area contributed by atoms with Crippen molar-refractivity contribution in [2.75, 3.05) is 39.8 Å². The van der Waals surface area contributed by atoms with Gasteiger partial charge in [-0.25, -0.2) is 0 Å². The topological polar surface area (TPSA) is 43.9 Å². The molecule has 0 atom stereocenters. The summed E-state index contributed by atoms with van der Waals surface area (Å²) in [5.74, 6) is 0. The molecule has 0 unspecified atom stereocenters. The number of nitrogens with zero attached hydrogens (tertiary/aromatic N) is 3. The molecular formula is C17H33N3O2S. The van der Waals surface area contributed by atoms with Gasteiger partial charge in [0.05, 0.1) is 0 Å². The quantitative estimate of drug-likeness (QED) is 0.770. The molecule has 3 aliphatic rings. The molecule has 0 bridgehead atoms. The highest BCUT2D eigenvalue weighted by atomic mass is 32.2. The number of rotatable bonds is 5. The maximum atomic E-state index is 12.9. The molecule has 0 N–H and O–H groups in total. The molecule has 0 spiro atoms. The van der Waals surface area contributed by atoms with E-state index in [-0.39, 0.29) is 5.54 Å². The van der Waals surface area contributed by atoms with Crippen molar-refractivity contribution in [2.24, 2.45) is 0 Å².